The van der Waals surface area contributed by atoms with Gasteiger partial charge in [-0.3, -0.25) is 4.90 Å². The van der Waals surface area contributed by atoms with Crippen LogP contribution in [0, 0.1) is 0 Å². The van der Waals surface area contributed by atoms with Crippen LogP contribution in [0.15, 0.2) is 24.3 Å². The number of benzene rings is 1. The van der Waals surface area contributed by atoms with Gasteiger partial charge in [-0.25, -0.2) is 0 Å². The maximum atomic E-state index is 10.2. The monoisotopic (exact) mass is 217 g/mol. The third kappa shape index (κ3) is 1.26. The highest BCUT2D eigenvalue weighted by molar-refractivity contribution is 5.39. The Labute approximate surface area is 96.9 Å². The summed E-state index contributed by atoms with van der Waals surface area (Å²) in [6.07, 6.45) is 1.84. The molecule has 3 atom stereocenters. The standard InChI is InChI=1S/C14H19NO/c1-9(2)15-12-7-8-13(16)14(15)11-6-4-3-5-10(11)12/h3-6,9,12-14,16H,7-8H2,1-2H3. The normalized spacial score (nSPS) is 33.1. The molecule has 1 N–H and O–H groups in total. The summed E-state index contributed by atoms with van der Waals surface area (Å²) in [6, 6.07) is 9.88. The number of hydrogen-bond donors (Lipinski definition) is 1. The van der Waals surface area contributed by atoms with E-state index in [-0.39, 0.29) is 12.1 Å². The molecule has 2 heteroatoms. The van der Waals surface area contributed by atoms with Crippen molar-refractivity contribution in [1.82, 2.24) is 4.90 Å². The fraction of sp³-hybridized carbons (Fsp3) is 0.571. The minimum absolute atomic E-state index is 0.192. The summed E-state index contributed by atoms with van der Waals surface area (Å²) in [7, 11) is 0. The van der Waals surface area contributed by atoms with E-state index >= 15 is 0 Å². The van der Waals surface area contributed by atoms with E-state index in [0.717, 1.165) is 12.8 Å². The maximum Gasteiger partial charge on any atom is 0.0738 e. The van der Waals surface area contributed by atoms with Crippen molar-refractivity contribution in [3.8, 4) is 0 Å². The molecule has 3 rings (SSSR count). The number of aliphatic hydroxyl groups excluding tert-OH is 1. The lowest BCUT2D eigenvalue weighted by atomic mass is 9.96. The van der Waals surface area contributed by atoms with E-state index in [2.05, 4.69) is 43.0 Å². The van der Waals surface area contributed by atoms with Crippen molar-refractivity contribution in [2.75, 3.05) is 0 Å². The van der Waals surface area contributed by atoms with Gasteiger partial charge >= 0.3 is 0 Å². The quantitative estimate of drug-likeness (QED) is 0.781. The Morgan fingerprint density at radius 2 is 1.88 bits per heavy atom. The molecule has 0 aromatic heterocycles. The molecule has 1 saturated heterocycles. The fourth-order valence-corrected chi connectivity index (χ4v) is 3.48. The van der Waals surface area contributed by atoms with E-state index in [9.17, 15) is 5.11 Å². The largest absolute Gasteiger partial charge is 0.391 e. The lowest BCUT2D eigenvalue weighted by molar-refractivity contribution is -0.0244. The Morgan fingerprint density at radius 3 is 2.56 bits per heavy atom. The molecule has 2 bridgehead atoms. The van der Waals surface area contributed by atoms with Crippen LogP contribution in [0.3, 0.4) is 0 Å². The molecule has 86 valence electrons. The maximum absolute atomic E-state index is 10.2. The molecule has 16 heavy (non-hydrogen) atoms. The average molecular weight is 217 g/mol. The van der Waals surface area contributed by atoms with Crippen molar-refractivity contribution in [2.45, 2.75) is 50.9 Å². The molecule has 2 aliphatic rings. The lowest BCUT2D eigenvalue weighted by Crippen LogP contribution is -2.42. The molecule has 2 nitrogen and oxygen atoms in total. The van der Waals surface area contributed by atoms with Gasteiger partial charge in [-0.05, 0) is 37.8 Å². The van der Waals surface area contributed by atoms with Crippen LogP contribution >= 0.6 is 0 Å². The molecule has 0 saturated carbocycles. The third-order valence-electron chi connectivity index (χ3n) is 4.05. The zero-order valence-electron chi connectivity index (χ0n) is 9.93. The first-order chi connectivity index (χ1) is 7.70. The molecule has 2 aliphatic heterocycles. The molecule has 3 unspecified atom stereocenters. The van der Waals surface area contributed by atoms with Crippen LogP contribution in [0.4, 0.5) is 0 Å². The van der Waals surface area contributed by atoms with Crippen LogP contribution < -0.4 is 0 Å². The van der Waals surface area contributed by atoms with E-state index in [1.807, 2.05) is 0 Å². The third-order valence-corrected chi connectivity index (χ3v) is 4.05. The van der Waals surface area contributed by atoms with Gasteiger partial charge in [-0.2, -0.15) is 0 Å². The highest BCUT2D eigenvalue weighted by atomic mass is 16.3. The Hall–Kier alpha value is -0.860. The van der Waals surface area contributed by atoms with E-state index < -0.39 is 0 Å². The first-order valence-corrected chi connectivity index (χ1v) is 6.24. The molecule has 0 amide bonds. The van der Waals surface area contributed by atoms with Gasteiger partial charge in [-0.15, -0.1) is 0 Å². The zero-order chi connectivity index (χ0) is 11.3. The van der Waals surface area contributed by atoms with Gasteiger partial charge in [0.05, 0.1) is 12.1 Å². The molecule has 2 heterocycles. The van der Waals surface area contributed by atoms with Crippen LogP contribution in [-0.4, -0.2) is 22.2 Å². The second kappa shape index (κ2) is 3.57. The van der Waals surface area contributed by atoms with Crippen molar-refractivity contribution in [1.29, 1.82) is 0 Å². The summed E-state index contributed by atoms with van der Waals surface area (Å²) in [5, 5.41) is 10.2. The van der Waals surface area contributed by atoms with Gasteiger partial charge in [0.2, 0.25) is 0 Å². The number of piperidine rings is 1. The smallest absolute Gasteiger partial charge is 0.0738 e. The van der Waals surface area contributed by atoms with Crippen LogP contribution in [0.2, 0.25) is 0 Å². The minimum atomic E-state index is -0.192. The molecule has 0 aliphatic carbocycles. The Morgan fingerprint density at radius 1 is 1.19 bits per heavy atom. The Bertz CT molecular complexity index is 401. The number of nitrogens with zero attached hydrogens (tertiary/aromatic N) is 1. The van der Waals surface area contributed by atoms with Crippen molar-refractivity contribution in [3.63, 3.8) is 0 Å². The predicted octanol–water partition coefficient (Wildman–Crippen LogP) is 2.65. The summed E-state index contributed by atoms with van der Waals surface area (Å²) in [4.78, 5) is 2.48. The van der Waals surface area contributed by atoms with Gasteiger partial charge in [0, 0.05) is 12.1 Å². The lowest BCUT2D eigenvalue weighted by Gasteiger charge is -2.40. The predicted molar refractivity (Wildman–Crippen MR) is 64.1 cm³/mol. The van der Waals surface area contributed by atoms with E-state index in [4.69, 9.17) is 0 Å². The fourth-order valence-electron chi connectivity index (χ4n) is 3.48. The molecule has 1 fully saturated rings. The number of aliphatic hydroxyl groups is 1. The van der Waals surface area contributed by atoms with Gasteiger partial charge in [0.1, 0.15) is 0 Å². The van der Waals surface area contributed by atoms with Gasteiger partial charge in [0.15, 0.2) is 0 Å². The van der Waals surface area contributed by atoms with Crippen LogP contribution in [0.5, 0.6) is 0 Å². The van der Waals surface area contributed by atoms with E-state index in [1.165, 1.54) is 11.1 Å². The first kappa shape index (κ1) is 10.3. The van der Waals surface area contributed by atoms with E-state index in [1.54, 1.807) is 0 Å². The first-order valence-electron chi connectivity index (χ1n) is 6.24. The summed E-state index contributed by atoms with van der Waals surface area (Å²) >= 11 is 0. The SMILES string of the molecule is CC(C)N1C2CCC(O)C1c1ccccc12. The van der Waals surface area contributed by atoms with Crippen LogP contribution in [0.25, 0.3) is 0 Å². The van der Waals surface area contributed by atoms with Crippen molar-refractivity contribution >= 4 is 0 Å². The molecule has 0 radical (unpaired) electrons. The summed E-state index contributed by atoms with van der Waals surface area (Å²) in [5.74, 6) is 0. The molecule has 1 aromatic carbocycles. The summed E-state index contributed by atoms with van der Waals surface area (Å²) in [5.41, 5.74) is 2.80. The zero-order valence-corrected chi connectivity index (χ0v) is 9.93. The van der Waals surface area contributed by atoms with Crippen LogP contribution in [-0.2, 0) is 0 Å². The molecule has 1 aromatic rings. The highest BCUT2D eigenvalue weighted by Crippen LogP contribution is 2.51. The summed E-state index contributed by atoms with van der Waals surface area (Å²) < 4.78 is 0. The van der Waals surface area contributed by atoms with Crippen molar-refractivity contribution in [3.05, 3.63) is 35.4 Å². The number of hydrogen-bond acceptors (Lipinski definition) is 2. The topological polar surface area (TPSA) is 23.5 Å². The molecular formula is C14H19NO. The van der Waals surface area contributed by atoms with Crippen molar-refractivity contribution < 1.29 is 5.11 Å². The second-order valence-corrected chi connectivity index (χ2v) is 5.28. The Balaban J connectivity index is 2.11. The average Bonchev–Trinajstić information content (AvgIpc) is 2.54. The Kier molecular flexibility index (Phi) is 2.30. The number of fused-ring (bicyclic) bond motifs is 5. The second-order valence-electron chi connectivity index (χ2n) is 5.28. The number of rotatable bonds is 1. The van der Waals surface area contributed by atoms with Crippen LogP contribution in [0.1, 0.15) is 49.9 Å². The highest BCUT2D eigenvalue weighted by Gasteiger charge is 2.46. The summed E-state index contributed by atoms with van der Waals surface area (Å²) in [6.45, 7) is 4.45. The van der Waals surface area contributed by atoms with E-state index in [0.29, 0.717) is 12.1 Å². The van der Waals surface area contributed by atoms with Gasteiger partial charge in [0.25, 0.3) is 0 Å². The van der Waals surface area contributed by atoms with Crippen molar-refractivity contribution in [2.24, 2.45) is 0 Å². The minimum Gasteiger partial charge on any atom is -0.391 e. The van der Waals surface area contributed by atoms with Gasteiger partial charge < -0.3 is 5.11 Å². The molecule has 0 spiro atoms. The van der Waals surface area contributed by atoms with Gasteiger partial charge in [-0.1, -0.05) is 24.3 Å². The molecular weight excluding hydrogens is 198 g/mol.